The van der Waals surface area contributed by atoms with Crippen LogP contribution in [0.1, 0.15) is 27.7 Å². The van der Waals surface area contributed by atoms with Crippen LogP contribution >= 0.6 is 0 Å². The molecule has 1 amide bonds. The highest BCUT2D eigenvalue weighted by atomic mass is 19.1. The van der Waals surface area contributed by atoms with Crippen LogP contribution in [0.5, 0.6) is 0 Å². The zero-order valence-electron chi connectivity index (χ0n) is 14.2. The average molecular weight is 343 g/mol. The third kappa shape index (κ3) is 4.19. The number of nitrogens with zero attached hydrogens (tertiary/aromatic N) is 3. The van der Waals surface area contributed by atoms with Gasteiger partial charge in [0, 0.05) is 38.4 Å². The van der Waals surface area contributed by atoms with Gasteiger partial charge in [0.1, 0.15) is 5.82 Å². The Morgan fingerprint density at radius 2 is 2.04 bits per heavy atom. The molecule has 1 aromatic heterocycles. The number of piperazine rings is 1. The quantitative estimate of drug-likeness (QED) is 0.497. The third-order valence-corrected chi connectivity index (χ3v) is 4.53. The summed E-state index contributed by atoms with van der Waals surface area (Å²) in [5.74, 6) is 4.55. The molecule has 2 heterocycles. The molecule has 3 N–H and O–H groups in total. The first kappa shape index (κ1) is 17.5. The molecule has 6 nitrogen and oxygen atoms in total. The number of hydrogen-bond acceptors (Lipinski definition) is 5. The number of likely N-dealkylation sites (N-methyl/N-ethyl adjacent to an activating group) is 1. The molecule has 0 radical (unpaired) electrons. The molecule has 1 aliphatic heterocycles. The van der Waals surface area contributed by atoms with Gasteiger partial charge < -0.3 is 4.90 Å². The van der Waals surface area contributed by atoms with E-state index in [-0.39, 0.29) is 17.8 Å². The van der Waals surface area contributed by atoms with Gasteiger partial charge in [-0.1, -0.05) is 12.1 Å². The summed E-state index contributed by atoms with van der Waals surface area (Å²) in [5.41, 5.74) is 4.49. The molecule has 1 fully saturated rings. The van der Waals surface area contributed by atoms with E-state index in [2.05, 4.69) is 27.3 Å². The number of aromatic nitrogens is 1. The number of carbonyl (C=O) groups is 1. The zero-order chi connectivity index (χ0) is 17.8. The van der Waals surface area contributed by atoms with E-state index in [1.54, 1.807) is 6.07 Å². The second-order valence-electron chi connectivity index (χ2n) is 6.31. The van der Waals surface area contributed by atoms with Crippen LogP contribution in [0, 0.1) is 5.82 Å². The summed E-state index contributed by atoms with van der Waals surface area (Å²) in [4.78, 5) is 20.5. The Balaban J connectivity index is 1.76. The molecule has 132 valence electrons. The van der Waals surface area contributed by atoms with Crippen molar-refractivity contribution in [3.63, 3.8) is 0 Å². The number of nitrogens with one attached hydrogen (secondary N) is 1. The summed E-state index contributed by atoms with van der Waals surface area (Å²) >= 11 is 0. The van der Waals surface area contributed by atoms with E-state index in [9.17, 15) is 9.18 Å². The van der Waals surface area contributed by atoms with Gasteiger partial charge in [0.25, 0.3) is 5.91 Å². The fourth-order valence-corrected chi connectivity index (χ4v) is 3.09. The van der Waals surface area contributed by atoms with Gasteiger partial charge >= 0.3 is 0 Å². The fraction of sp³-hybridized carbons (Fsp3) is 0.333. The van der Waals surface area contributed by atoms with Crippen molar-refractivity contribution in [1.82, 2.24) is 20.2 Å². The largest absolute Gasteiger partial charge is 0.303 e. The van der Waals surface area contributed by atoms with Crippen LogP contribution in [0.3, 0.4) is 0 Å². The number of nitrogens with two attached hydrogens (primary N) is 1. The number of benzene rings is 1. The van der Waals surface area contributed by atoms with Crippen LogP contribution in [0.25, 0.3) is 0 Å². The lowest BCUT2D eigenvalue weighted by molar-refractivity contribution is 0.0822. The topological polar surface area (TPSA) is 74.5 Å². The van der Waals surface area contributed by atoms with E-state index in [0.29, 0.717) is 12.1 Å². The first-order chi connectivity index (χ1) is 12.1. The first-order valence-electron chi connectivity index (χ1n) is 8.21. The Labute approximate surface area is 146 Å². The van der Waals surface area contributed by atoms with Gasteiger partial charge in [-0.15, -0.1) is 0 Å². The smallest absolute Gasteiger partial charge is 0.266 e. The lowest BCUT2D eigenvalue weighted by Crippen LogP contribution is -2.46. The molecule has 1 atom stereocenters. The Kier molecular flexibility index (Phi) is 5.37. The molecule has 0 bridgehead atoms. The number of rotatable bonds is 4. The van der Waals surface area contributed by atoms with Crippen molar-refractivity contribution in [3.05, 3.63) is 65.2 Å². The van der Waals surface area contributed by atoms with Crippen molar-refractivity contribution in [2.45, 2.75) is 12.6 Å². The molecule has 1 aliphatic rings. The van der Waals surface area contributed by atoms with Crippen molar-refractivity contribution >= 4 is 5.91 Å². The minimum Gasteiger partial charge on any atom is -0.303 e. The van der Waals surface area contributed by atoms with Gasteiger partial charge in [0.05, 0.1) is 11.3 Å². The molecule has 1 saturated heterocycles. The van der Waals surface area contributed by atoms with Crippen molar-refractivity contribution in [2.75, 3.05) is 26.7 Å². The predicted molar refractivity (Wildman–Crippen MR) is 92.9 cm³/mol. The molecule has 25 heavy (non-hydrogen) atoms. The normalized spacial score (nSPS) is 18.9. The highest BCUT2D eigenvalue weighted by molar-refractivity contribution is 5.93. The maximum absolute atomic E-state index is 13.2. The Morgan fingerprint density at radius 3 is 2.68 bits per heavy atom. The maximum Gasteiger partial charge on any atom is 0.266 e. The number of carbonyl (C=O) groups excluding carboxylic acids is 1. The lowest BCUT2D eigenvalue weighted by Gasteiger charge is -2.40. The fourth-order valence-electron chi connectivity index (χ4n) is 3.09. The van der Waals surface area contributed by atoms with Crippen LogP contribution < -0.4 is 11.3 Å². The van der Waals surface area contributed by atoms with Crippen molar-refractivity contribution in [1.29, 1.82) is 0 Å². The summed E-state index contributed by atoms with van der Waals surface area (Å²) in [6.45, 7) is 3.40. The standard InChI is InChI=1S/C18H22FN5O/c1-23-8-9-24(17(12-23)13-2-5-15(19)6-3-13)11-16-7-4-14(10-21-16)18(25)22-20/h2-7,10,17H,8-9,11-12,20H2,1H3,(H,22,25). The second kappa shape index (κ2) is 7.69. The number of nitrogen functional groups attached to an aromatic ring is 1. The van der Waals surface area contributed by atoms with Gasteiger partial charge in [-0.25, -0.2) is 10.2 Å². The van der Waals surface area contributed by atoms with Gasteiger partial charge in [-0.05, 0) is 36.9 Å². The molecular weight excluding hydrogens is 321 g/mol. The predicted octanol–water partition coefficient (Wildman–Crippen LogP) is 1.31. The lowest BCUT2D eigenvalue weighted by atomic mass is 10.0. The van der Waals surface area contributed by atoms with E-state index in [1.807, 2.05) is 18.2 Å². The molecule has 7 heteroatoms. The number of halogens is 1. The molecule has 2 aromatic rings. The summed E-state index contributed by atoms with van der Waals surface area (Å²) < 4.78 is 13.2. The molecule has 3 rings (SSSR count). The van der Waals surface area contributed by atoms with Crippen molar-refractivity contribution < 1.29 is 9.18 Å². The summed E-state index contributed by atoms with van der Waals surface area (Å²) in [6.07, 6.45) is 1.53. The minimum absolute atomic E-state index is 0.174. The Morgan fingerprint density at radius 1 is 1.28 bits per heavy atom. The first-order valence-corrected chi connectivity index (χ1v) is 8.21. The van der Waals surface area contributed by atoms with Crippen LogP contribution in [0.2, 0.25) is 0 Å². The maximum atomic E-state index is 13.2. The highest BCUT2D eigenvalue weighted by Crippen LogP contribution is 2.26. The monoisotopic (exact) mass is 343 g/mol. The average Bonchev–Trinajstić information content (AvgIpc) is 2.64. The molecule has 1 unspecified atom stereocenters. The van der Waals surface area contributed by atoms with Crippen LogP contribution in [0.15, 0.2) is 42.6 Å². The molecule has 0 spiro atoms. The number of amides is 1. The molecule has 0 saturated carbocycles. The van der Waals surface area contributed by atoms with E-state index in [1.165, 1.54) is 18.3 Å². The number of pyridine rings is 1. The second-order valence-corrected chi connectivity index (χ2v) is 6.31. The summed E-state index contributed by atoms with van der Waals surface area (Å²) in [5, 5.41) is 0. The highest BCUT2D eigenvalue weighted by Gasteiger charge is 2.27. The van der Waals surface area contributed by atoms with Gasteiger partial charge in [0.2, 0.25) is 0 Å². The SMILES string of the molecule is CN1CCN(Cc2ccc(C(=O)NN)cn2)C(c2ccc(F)cc2)C1. The van der Waals surface area contributed by atoms with Crippen LogP contribution in [-0.2, 0) is 6.54 Å². The minimum atomic E-state index is -0.358. The van der Waals surface area contributed by atoms with Crippen LogP contribution in [0.4, 0.5) is 4.39 Å². The number of hydrazine groups is 1. The Bertz CT molecular complexity index is 719. The zero-order valence-corrected chi connectivity index (χ0v) is 14.2. The van der Waals surface area contributed by atoms with Crippen molar-refractivity contribution in [2.24, 2.45) is 5.84 Å². The third-order valence-electron chi connectivity index (χ3n) is 4.53. The summed E-state index contributed by atoms with van der Waals surface area (Å²) in [7, 11) is 2.09. The van der Waals surface area contributed by atoms with Crippen molar-refractivity contribution in [3.8, 4) is 0 Å². The van der Waals surface area contributed by atoms with Gasteiger partial charge in [0.15, 0.2) is 0 Å². The molecule has 0 aliphatic carbocycles. The molecule has 1 aromatic carbocycles. The number of hydrogen-bond donors (Lipinski definition) is 2. The Hall–Kier alpha value is -2.35. The van der Waals surface area contributed by atoms with Gasteiger partial charge in [-0.3, -0.25) is 20.1 Å². The van der Waals surface area contributed by atoms with Crippen LogP contribution in [-0.4, -0.2) is 47.4 Å². The molecular formula is C18H22FN5O. The van der Waals surface area contributed by atoms with E-state index in [0.717, 1.165) is 30.9 Å². The van der Waals surface area contributed by atoms with E-state index < -0.39 is 0 Å². The van der Waals surface area contributed by atoms with E-state index in [4.69, 9.17) is 5.84 Å². The van der Waals surface area contributed by atoms with Gasteiger partial charge in [-0.2, -0.15) is 0 Å². The van der Waals surface area contributed by atoms with E-state index >= 15 is 0 Å². The summed E-state index contributed by atoms with van der Waals surface area (Å²) in [6, 6.07) is 10.4.